The van der Waals surface area contributed by atoms with Crippen LogP contribution in [-0.2, 0) is 14.3 Å². The van der Waals surface area contributed by atoms with Gasteiger partial charge in [-0.05, 0) is 55.3 Å². The van der Waals surface area contributed by atoms with Crippen molar-refractivity contribution in [2.24, 2.45) is 5.41 Å². The van der Waals surface area contributed by atoms with Crippen LogP contribution in [0.15, 0.2) is 66.9 Å². The number of ether oxygens (including phenoxy) is 1. The Morgan fingerprint density at radius 3 is 2.56 bits per heavy atom. The van der Waals surface area contributed by atoms with Crippen molar-refractivity contribution < 1.29 is 14.3 Å². The number of nitrogens with one attached hydrogen (secondary N) is 1. The quantitative estimate of drug-likeness (QED) is 0.272. The molecule has 0 aliphatic rings. The van der Waals surface area contributed by atoms with Crippen molar-refractivity contribution in [2.75, 3.05) is 11.9 Å². The summed E-state index contributed by atoms with van der Waals surface area (Å²) in [4.78, 5) is 28.9. The molecule has 0 unspecified atom stereocenters. The summed E-state index contributed by atoms with van der Waals surface area (Å²) in [6, 6.07) is 17.5. The second-order valence-electron chi connectivity index (χ2n) is 9.59. The van der Waals surface area contributed by atoms with Gasteiger partial charge in [0.25, 0.3) is 0 Å². The van der Waals surface area contributed by atoms with Crippen LogP contribution in [0, 0.1) is 12.3 Å². The molecule has 4 rings (SSSR count). The third-order valence-electron chi connectivity index (χ3n) is 5.66. The molecule has 2 aromatic carbocycles. The average Bonchev–Trinajstić information content (AvgIpc) is 3.27. The van der Waals surface area contributed by atoms with Crippen molar-refractivity contribution in [3.8, 4) is 22.5 Å². The number of imidazole rings is 1. The Morgan fingerprint density at radius 1 is 1.03 bits per heavy atom. The Hall–Kier alpha value is -4.26. The normalized spacial score (nSPS) is 11.7. The maximum absolute atomic E-state index is 12.5. The third kappa shape index (κ3) is 5.68. The van der Waals surface area contributed by atoms with Gasteiger partial charge >= 0.3 is 5.97 Å². The van der Waals surface area contributed by atoms with Crippen molar-refractivity contribution in [2.45, 2.75) is 34.6 Å². The van der Waals surface area contributed by atoms with E-state index < -0.39 is 5.41 Å². The molecule has 4 aromatic rings. The van der Waals surface area contributed by atoms with Gasteiger partial charge in [0.2, 0.25) is 5.91 Å². The zero-order chi connectivity index (χ0) is 25.9. The van der Waals surface area contributed by atoms with Crippen LogP contribution >= 0.6 is 0 Å². The van der Waals surface area contributed by atoms with Crippen molar-refractivity contribution in [1.82, 2.24) is 14.6 Å². The lowest BCUT2D eigenvalue weighted by atomic mass is 9.95. The summed E-state index contributed by atoms with van der Waals surface area (Å²) in [5.74, 6) is -0.408. The minimum absolute atomic E-state index is 0.0385. The molecule has 0 radical (unpaired) electrons. The molecule has 0 aliphatic carbocycles. The summed E-state index contributed by atoms with van der Waals surface area (Å²) in [5, 5.41) is 7.78. The molecule has 7 nitrogen and oxygen atoms in total. The lowest BCUT2D eigenvalue weighted by Gasteiger charge is -2.19. The summed E-state index contributed by atoms with van der Waals surface area (Å²) in [5.41, 5.74) is 6.20. The summed E-state index contributed by atoms with van der Waals surface area (Å²) in [7, 11) is 0. The van der Waals surface area contributed by atoms with Gasteiger partial charge < -0.3 is 10.1 Å². The standard InChI is InChI=1S/C29H30N4O3/c1-6-36-27(34)15-11-20-8-7-9-21(16-20)23-13-14-26-30-25(18-33(26)32-23)22-12-10-19(2)24(17-22)31-28(35)29(3,4)5/h7-18H,6H2,1-5H3,(H,31,35). The molecule has 0 saturated heterocycles. The number of amides is 1. The Bertz CT molecular complexity index is 1460. The molecule has 1 N–H and O–H groups in total. The Balaban J connectivity index is 1.62. The van der Waals surface area contributed by atoms with Crippen molar-refractivity contribution in [1.29, 1.82) is 0 Å². The zero-order valence-corrected chi connectivity index (χ0v) is 21.2. The first-order valence-corrected chi connectivity index (χ1v) is 11.9. The number of aromatic nitrogens is 3. The largest absolute Gasteiger partial charge is 0.463 e. The molecule has 0 fully saturated rings. The fraction of sp³-hybridized carbons (Fsp3) is 0.241. The summed E-state index contributed by atoms with van der Waals surface area (Å²) >= 11 is 0. The minimum atomic E-state index is -0.488. The zero-order valence-electron chi connectivity index (χ0n) is 21.2. The van der Waals surface area contributed by atoms with E-state index >= 15 is 0 Å². The molecule has 0 atom stereocenters. The molecule has 7 heteroatoms. The van der Waals surface area contributed by atoms with Gasteiger partial charge in [-0.2, -0.15) is 5.10 Å². The van der Waals surface area contributed by atoms with E-state index in [1.54, 1.807) is 17.5 Å². The monoisotopic (exact) mass is 482 g/mol. The molecule has 0 bridgehead atoms. The van der Waals surface area contributed by atoms with Crippen molar-refractivity contribution in [3.63, 3.8) is 0 Å². The number of aryl methyl sites for hydroxylation is 1. The molecule has 36 heavy (non-hydrogen) atoms. The predicted molar refractivity (Wildman–Crippen MR) is 142 cm³/mol. The van der Waals surface area contributed by atoms with E-state index in [1.807, 2.05) is 88.5 Å². The van der Waals surface area contributed by atoms with Gasteiger partial charge in [0.1, 0.15) is 0 Å². The highest BCUT2D eigenvalue weighted by Gasteiger charge is 2.22. The number of hydrogen-bond donors (Lipinski definition) is 1. The number of anilines is 1. The van der Waals surface area contributed by atoms with Gasteiger partial charge in [0.05, 0.1) is 24.2 Å². The first-order chi connectivity index (χ1) is 17.1. The highest BCUT2D eigenvalue weighted by molar-refractivity contribution is 5.95. The summed E-state index contributed by atoms with van der Waals surface area (Å²) < 4.78 is 6.69. The van der Waals surface area contributed by atoms with Crippen LogP contribution in [0.5, 0.6) is 0 Å². The number of carbonyl (C=O) groups is 2. The predicted octanol–water partition coefficient (Wildman–Crippen LogP) is 5.93. The van der Waals surface area contributed by atoms with E-state index in [1.165, 1.54) is 6.08 Å². The highest BCUT2D eigenvalue weighted by Crippen LogP contribution is 2.27. The number of rotatable bonds is 6. The van der Waals surface area contributed by atoms with E-state index in [2.05, 4.69) is 5.32 Å². The van der Waals surface area contributed by atoms with Crippen LogP contribution in [-0.4, -0.2) is 33.1 Å². The Morgan fingerprint density at radius 2 is 1.81 bits per heavy atom. The molecular formula is C29H30N4O3. The fourth-order valence-corrected chi connectivity index (χ4v) is 3.56. The van der Waals surface area contributed by atoms with Crippen LogP contribution in [0.4, 0.5) is 5.69 Å². The van der Waals surface area contributed by atoms with E-state index in [-0.39, 0.29) is 11.9 Å². The Labute approximate surface area is 210 Å². The molecule has 1 amide bonds. The first kappa shape index (κ1) is 24.9. The summed E-state index contributed by atoms with van der Waals surface area (Å²) in [6.45, 7) is 9.75. The maximum Gasteiger partial charge on any atom is 0.330 e. The lowest BCUT2D eigenvalue weighted by molar-refractivity contribution is -0.137. The second kappa shape index (κ2) is 10.2. The molecule has 0 aliphatic heterocycles. The van der Waals surface area contributed by atoms with Crippen LogP contribution in [0.25, 0.3) is 34.2 Å². The molecule has 0 spiro atoms. The van der Waals surface area contributed by atoms with Crippen molar-refractivity contribution >= 4 is 29.3 Å². The molecular weight excluding hydrogens is 452 g/mol. The van der Waals surface area contributed by atoms with E-state index in [0.717, 1.165) is 39.3 Å². The van der Waals surface area contributed by atoms with Gasteiger partial charge in [-0.3, -0.25) is 4.79 Å². The third-order valence-corrected chi connectivity index (χ3v) is 5.66. The minimum Gasteiger partial charge on any atom is -0.463 e. The van der Waals surface area contributed by atoms with Gasteiger partial charge in [0, 0.05) is 28.3 Å². The molecule has 0 saturated carbocycles. The number of fused-ring (bicyclic) bond motifs is 1. The number of benzene rings is 2. The molecule has 2 heterocycles. The van der Waals surface area contributed by atoms with Gasteiger partial charge in [-0.25, -0.2) is 14.3 Å². The second-order valence-corrected chi connectivity index (χ2v) is 9.59. The maximum atomic E-state index is 12.5. The number of esters is 1. The van der Waals surface area contributed by atoms with Crippen LogP contribution in [0.1, 0.15) is 38.8 Å². The Kier molecular flexibility index (Phi) is 7.01. The molecule has 184 valence electrons. The average molecular weight is 483 g/mol. The lowest BCUT2D eigenvalue weighted by Crippen LogP contribution is -2.27. The smallest absolute Gasteiger partial charge is 0.330 e. The highest BCUT2D eigenvalue weighted by atomic mass is 16.5. The van der Waals surface area contributed by atoms with E-state index in [4.69, 9.17) is 14.8 Å². The topological polar surface area (TPSA) is 85.6 Å². The van der Waals surface area contributed by atoms with Crippen LogP contribution in [0.3, 0.4) is 0 Å². The van der Waals surface area contributed by atoms with Crippen LogP contribution in [0.2, 0.25) is 0 Å². The van der Waals surface area contributed by atoms with Crippen LogP contribution < -0.4 is 5.32 Å². The fourth-order valence-electron chi connectivity index (χ4n) is 3.56. The number of hydrogen-bond acceptors (Lipinski definition) is 5. The SMILES string of the molecule is CCOC(=O)C=Cc1cccc(-c2ccc3nc(-c4ccc(C)c(NC(=O)C(C)(C)C)c4)cn3n2)c1. The van der Waals surface area contributed by atoms with Gasteiger partial charge in [0.15, 0.2) is 5.65 Å². The van der Waals surface area contributed by atoms with Gasteiger partial charge in [-0.1, -0.05) is 51.1 Å². The van der Waals surface area contributed by atoms with Crippen molar-refractivity contribution in [3.05, 3.63) is 78.0 Å². The number of nitrogens with zero attached hydrogens (tertiary/aromatic N) is 3. The van der Waals surface area contributed by atoms with E-state index in [9.17, 15) is 9.59 Å². The first-order valence-electron chi connectivity index (χ1n) is 11.9. The molecule has 2 aromatic heterocycles. The summed E-state index contributed by atoms with van der Waals surface area (Å²) in [6.07, 6.45) is 5.02. The van der Waals surface area contributed by atoms with Gasteiger partial charge in [-0.15, -0.1) is 0 Å². The number of carbonyl (C=O) groups excluding carboxylic acids is 2. The van der Waals surface area contributed by atoms with E-state index in [0.29, 0.717) is 12.3 Å².